The molecule has 2 amide bonds. The second-order valence-corrected chi connectivity index (χ2v) is 9.03. The van der Waals surface area contributed by atoms with Gasteiger partial charge < -0.3 is 19.7 Å². The first-order chi connectivity index (χ1) is 12.9. The number of alkyl carbamates (subject to hydrolysis) is 1. The molecular formula is C22H32N2O4. The minimum atomic E-state index is -0.590. The molecule has 0 radical (unpaired) electrons. The van der Waals surface area contributed by atoms with E-state index in [1.54, 1.807) is 4.90 Å². The number of nitrogens with one attached hydrogen (secondary N) is 1. The quantitative estimate of drug-likeness (QED) is 0.784. The fourth-order valence-electron chi connectivity index (χ4n) is 2.87. The Morgan fingerprint density at radius 1 is 1.04 bits per heavy atom. The van der Waals surface area contributed by atoms with Gasteiger partial charge in [0.25, 0.3) is 0 Å². The Kier molecular flexibility index (Phi) is 6.75. The number of carbonyl (C=O) groups is 2. The minimum Gasteiger partial charge on any atom is -0.444 e. The van der Waals surface area contributed by atoms with Gasteiger partial charge in [-0.15, -0.1) is 0 Å². The zero-order chi connectivity index (χ0) is 20.9. The van der Waals surface area contributed by atoms with Gasteiger partial charge in [0.15, 0.2) is 0 Å². The van der Waals surface area contributed by atoms with Crippen LogP contribution < -0.4 is 5.32 Å². The second kappa shape index (κ2) is 8.67. The third-order valence-electron chi connectivity index (χ3n) is 4.02. The van der Waals surface area contributed by atoms with Crippen LogP contribution in [0.25, 0.3) is 0 Å². The monoisotopic (exact) mass is 388 g/mol. The molecule has 1 aliphatic heterocycles. The van der Waals surface area contributed by atoms with E-state index < -0.39 is 23.4 Å². The van der Waals surface area contributed by atoms with Crippen molar-refractivity contribution in [3.63, 3.8) is 0 Å². The minimum absolute atomic E-state index is 0.337. The van der Waals surface area contributed by atoms with E-state index in [2.05, 4.69) is 5.32 Å². The molecule has 1 aromatic rings. The maximum atomic E-state index is 12.5. The maximum absolute atomic E-state index is 12.5. The highest BCUT2D eigenvalue weighted by Gasteiger charge is 2.31. The summed E-state index contributed by atoms with van der Waals surface area (Å²) >= 11 is 0. The van der Waals surface area contributed by atoms with Crippen LogP contribution in [0.15, 0.2) is 42.0 Å². The van der Waals surface area contributed by atoms with Crippen molar-refractivity contribution in [2.45, 2.75) is 65.2 Å². The van der Waals surface area contributed by atoms with Crippen LogP contribution in [0.4, 0.5) is 9.59 Å². The van der Waals surface area contributed by atoms with Gasteiger partial charge in [-0.3, -0.25) is 0 Å². The number of ether oxygens (including phenoxy) is 2. The molecule has 28 heavy (non-hydrogen) atoms. The number of carbonyl (C=O) groups excluding carboxylic acids is 2. The first-order valence-corrected chi connectivity index (χ1v) is 9.63. The van der Waals surface area contributed by atoms with Gasteiger partial charge in [-0.25, -0.2) is 9.59 Å². The zero-order valence-electron chi connectivity index (χ0n) is 17.7. The molecule has 154 valence electrons. The number of hydrogen-bond donors (Lipinski definition) is 1. The molecule has 0 unspecified atom stereocenters. The molecule has 0 saturated carbocycles. The largest absolute Gasteiger partial charge is 0.444 e. The van der Waals surface area contributed by atoms with Crippen LogP contribution in [0.3, 0.4) is 0 Å². The van der Waals surface area contributed by atoms with Crippen LogP contribution in [0, 0.1) is 0 Å². The topological polar surface area (TPSA) is 67.9 Å². The van der Waals surface area contributed by atoms with Crippen molar-refractivity contribution in [2.75, 3.05) is 13.1 Å². The predicted molar refractivity (Wildman–Crippen MR) is 109 cm³/mol. The molecule has 6 nitrogen and oxygen atoms in total. The summed E-state index contributed by atoms with van der Waals surface area (Å²) in [4.78, 5) is 26.4. The molecule has 0 aliphatic carbocycles. The normalized spacial score (nSPS) is 17.6. The standard InChI is InChI=1S/C22H32N2O4/c1-21(2,3)27-19(25)23-18-15-24(20(26)28-22(4,5)6)13-12-17(18)14-16-10-8-7-9-11-16/h7-12,18H,13-15H2,1-6H3,(H,23,25)/t18-/m0/s1. The molecule has 1 aromatic carbocycles. The summed E-state index contributed by atoms with van der Waals surface area (Å²) < 4.78 is 10.9. The smallest absolute Gasteiger partial charge is 0.410 e. The molecule has 6 heteroatoms. The summed E-state index contributed by atoms with van der Waals surface area (Å²) in [6.07, 6.45) is 1.80. The summed E-state index contributed by atoms with van der Waals surface area (Å²) in [6, 6.07) is 9.71. The van der Waals surface area contributed by atoms with Crippen molar-refractivity contribution in [2.24, 2.45) is 0 Å². The lowest BCUT2D eigenvalue weighted by atomic mass is 9.95. The molecule has 1 N–H and O–H groups in total. The highest BCUT2D eigenvalue weighted by atomic mass is 16.6. The lowest BCUT2D eigenvalue weighted by molar-refractivity contribution is 0.0230. The maximum Gasteiger partial charge on any atom is 0.410 e. The van der Waals surface area contributed by atoms with Gasteiger partial charge in [-0.2, -0.15) is 0 Å². The van der Waals surface area contributed by atoms with E-state index in [0.717, 1.165) is 11.1 Å². The molecule has 0 aromatic heterocycles. The fourth-order valence-corrected chi connectivity index (χ4v) is 2.87. The Hall–Kier alpha value is -2.50. The van der Waals surface area contributed by atoms with Gasteiger partial charge in [-0.05, 0) is 59.1 Å². The van der Waals surface area contributed by atoms with E-state index in [1.807, 2.05) is 78.0 Å². The third kappa shape index (κ3) is 7.25. The van der Waals surface area contributed by atoms with E-state index in [1.165, 1.54) is 0 Å². The van der Waals surface area contributed by atoms with Crippen LogP contribution in [0.1, 0.15) is 47.1 Å². The summed E-state index contributed by atoms with van der Waals surface area (Å²) in [6.45, 7) is 11.8. The van der Waals surface area contributed by atoms with Gasteiger partial charge in [-0.1, -0.05) is 36.4 Å². The average molecular weight is 389 g/mol. The van der Waals surface area contributed by atoms with E-state index in [9.17, 15) is 9.59 Å². The van der Waals surface area contributed by atoms with Crippen LogP contribution >= 0.6 is 0 Å². The number of nitrogens with zero attached hydrogens (tertiary/aromatic N) is 1. The number of hydrogen-bond acceptors (Lipinski definition) is 4. The first kappa shape index (κ1) is 21.8. The van der Waals surface area contributed by atoms with Gasteiger partial charge in [0.1, 0.15) is 11.2 Å². The molecule has 0 spiro atoms. The van der Waals surface area contributed by atoms with Gasteiger partial charge in [0, 0.05) is 13.1 Å². The van der Waals surface area contributed by atoms with Crippen LogP contribution in [0.5, 0.6) is 0 Å². The van der Waals surface area contributed by atoms with E-state index in [0.29, 0.717) is 19.5 Å². The highest BCUT2D eigenvalue weighted by Crippen LogP contribution is 2.20. The fraction of sp³-hybridized carbons (Fsp3) is 0.545. The Labute approximate surface area is 167 Å². The summed E-state index contributed by atoms with van der Waals surface area (Å²) in [7, 11) is 0. The van der Waals surface area contributed by atoms with Gasteiger partial charge in [0.05, 0.1) is 6.04 Å². The van der Waals surface area contributed by atoms with Crippen molar-refractivity contribution in [3.8, 4) is 0 Å². The lowest BCUT2D eigenvalue weighted by Crippen LogP contribution is -2.51. The third-order valence-corrected chi connectivity index (χ3v) is 4.02. The highest BCUT2D eigenvalue weighted by molar-refractivity contribution is 5.71. The van der Waals surface area contributed by atoms with Crippen molar-refractivity contribution in [1.29, 1.82) is 0 Å². The molecule has 1 heterocycles. The molecule has 0 bridgehead atoms. The second-order valence-electron chi connectivity index (χ2n) is 9.03. The van der Waals surface area contributed by atoms with Crippen LogP contribution in [0.2, 0.25) is 0 Å². The van der Waals surface area contributed by atoms with E-state index in [4.69, 9.17) is 9.47 Å². The Bertz CT molecular complexity index is 714. The average Bonchev–Trinajstić information content (AvgIpc) is 2.54. The van der Waals surface area contributed by atoms with E-state index in [-0.39, 0.29) is 6.04 Å². The van der Waals surface area contributed by atoms with Crippen molar-refractivity contribution >= 4 is 12.2 Å². The van der Waals surface area contributed by atoms with Crippen molar-refractivity contribution < 1.29 is 19.1 Å². The Morgan fingerprint density at radius 3 is 2.21 bits per heavy atom. The molecular weight excluding hydrogens is 356 g/mol. The predicted octanol–water partition coefficient (Wildman–Crippen LogP) is 4.30. The lowest BCUT2D eigenvalue weighted by Gasteiger charge is -2.35. The van der Waals surface area contributed by atoms with Crippen molar-refractivity contribution in [1.82, 2.24) is 10.2 Å². The summed E-state index contributed by atoms with van der Waals surface area (Å²) in [5.74, 6) is 0. The van der Waals surface area contributed by atoms with Crippen LogP contribution in [-0.4, -0.2) is 47.4 Å². The van der Waals surface area contributed by atoms with E-state index >= 15 is 0 Å². The zero-order valence-corrected chi connectivity index (χ0v) is 17.7. The first-order valence-electron chi connectivity index (χ1n) is 9.63. The van der Waals surface area contributed by atoms with Crippen molar-refractivity contribution in [3.05, 3.63) is 47.5 Å². The molecule has 0 fully saturated rings. The molecule has 1 aliphatic rings. The molecule has 0 saturated heterocycles. The van der Waals surface area contributed by atoms with Gasteiger partial charge in [0.2, 0.25) is 0 Å². The number of rotatable bonds is 3. The Morgan fingerprint density at radius 2 is 1.64 bits per heavy atom. The molecule has 2 rings (SSSR count). The summed E-state index contributed by atoms with van der Waals surface area (Å²) in [5.41, 5.74) is 1.04. The Balaban J connectivity index is 2.15. The molecule has 1 atom stereocenters. The van der Waals surface area contributed by atoms with Crippen LogP contribution in [-0.2, 0) is 15.9 Å². The van der Waals surface area contributed by atoms with Gasteiger partial charge >= 0.3 is 12.2 Å². The summed E-state index contributed by atoms with van der Waals surface area (Å²) in [5, 5.41) is 2.91. The SMILES string of the molecule is CC(C)(C)OC(=O)N[C@H]1CN(C(=O)OC(C)(C)C)CC=C1Cc1ccccc1. The number of amides is 2. The number of benzene rings is 1.